The molecule has 1 unspecified atom stereocenters. The molecule has 1 spiro atoms. The Morgan fingerprint density at radius 3 is 2.45 bits per heavy atom. The first kappa shape index (κ1) is 27.3. The van der Waals surface area contributed by atoms with Gasteiger partial charge in [-0.15, -0.1) is 34.0 Å². The molecule has 218 valence electrons. The average molecular weight is 633 g/mol. The van der Waals surface area contributed by atoms with Gasteiger partial charge in [0.05, 0.1) is 18.1 Å². The van der Waals surface area contributed by atoms with E-state index in [2.05, 4.69) is 85.1 Å². The number of carbonyl (C=O) groups is 1. The molecular formula is C36H28N2O3S3. The highest BCUT2D eigenvalue weighted by molar-refractivity contribution is 7.26. The summed E-state index contributed by atoms with van der Waals surface area (Å²) in [6.07, 6.45) is 2.12. The molecule has 44 heavy (non-hydrogen) atoms. The number of hydrogen-bond acceptors (Lipinski definition) is 8. The van der Waals surface area contributed by atoms with Crippen LogP contribution >= 0.6 is 34.0 Å². The monoisotopic (exact) mass is 632 g/mol. The Labute approximate surface area is 267 Å². The fourth-order valence-corrected chi connectivity index (χ4v) is 9.35. The fraction of sp³-hybridized carbons (Fsp3) is 0.167. The summed E-state index contributed by atoms with van der Waals surface area (Å²) < 4.78 is 12.8. The zero-order chi connectivity index (χ0) is 30.1. The van der Waals surface area contributed by atoms with Crippen LogP contribution in [0.4, 0.5) is 11.4 Å². The van der Waals surface area contributed by atoms with E-state index in [0.717, 1.165) is 37.5 Å². The number of likely N-dealkylation sites (N-methyl/N-ethyl adjacent to an activating group) is 1. The van der Waals surface area contributed by atoms with Gasteiger partial charge < -0.3 is 14.4 Å². The standard InChI is InChI=1S/C36H28N2O3S3/c1-35(2)26-8-4-5-9-27(26)38(3)36(35)21-37-33-25-20-24(14-12-22(25)13-15-28(33)41-36)40-32(39)19-23-18-31(29-10-6-16-42-29)44-34(23)30-11-7-17-43-30/h4-18,20-21H,19H2,1-3H3. The van der Waals surface area contributed by atoms with Crippen molar-refractivity contribution in [2.24, 2.45) is 4.99 Å². The Morgan fingerprint density at radius 1 is 0.909 bits per heavy atom. The summed E-state index contributed by atoms with van der Waals surface area (Å²) in [5.74, 6) is 0.896. The topological polar surface area (TPSA) is 51.1 Å². The number of rotatable bonds is 5. The van der Waals surface area contributed by atoms with Crippen LogP contribution in [0.5, 0.6) is 11.5 Å². The van der Waals surface area contributed by atoms with E-state index in [1.807, 2.05) is 42.6 Å². The minimum atomic E-state index is -0.760. The van der Waals surface area contributed by atoms with Gasteiger partial charge in [-0.25, -0.2) is 0 Å². The van der Waals surface area contributed by atoms with Gasteiger partial charge in [0.1, 0.15) is 17.2 Å². The normalized spacial score (nSPS) is 17.9. The van der Waals surface area contributed by atoms with Crippen molar-refractivity contribution in [3.63, 3.8) is 0 Å². The summed E-state index contributed by atoms with van der Waals surface area (Å²) in [6.45, 7) is 4.40. The summed E-state index contributed by atoms with van der Waals surface area (Å²) >= 11 is 5.11. The van der Waals surface area contributed by atoms with Crippen LogP contribution < -0.4 is 14.4 Å². The maximum absolute atomic E-state index is 13.3. The maximum atomic E-state index is 13.3. The van der Waals surface area contributed by atoms with Crippen LogP contribution in [0.25, 0.3) is 30.3 Å². The number of thiophene rings is 3. The van der Waals surface area contributed by atoms with E-state index in [0.29, 0.717) is 11.5 Å². The van der Waals surface area contributed by atoms with Crippen LogP contribution in [0, 0.1) is 0 Å². The van der Waals surface area contributed by atoms with Gasteiger partial charge in [-0.2, -0.15) is 0 Å². The van der Waals surface area contributed by atoms with E-state index < -0.39 is 5.72 Å². The van der Waals surface area contributed by atoms with E-state index in [9.17, 15) is 4.79 Å². The second kappa shape index (κ2) is 10.2. The highest BCUT2D eigenvalue weighted by Gasteiger charge is 2.58. The predicted octanol–water partition coefficient (Wildman–Crippen LogP) is 9.72. The molecule has 2 aliphatic rings. The first-order valence-electron chi connectivity index (χ1n) is 14.4. The fourth-order valence-electron chi connectivity index (χ4n) is 6.46. The molecule has 5 nitrogen and oxygen atoms in total. The number of ether oxygens (including phenoxy) is 2. The molecule has 2 aliphatic heterocycles. The lowest BCUT2D eigenvalue weighted by atomic mass is 9.77. The van der Waals surface area contributed by atoms with Crippen molar-refractivity contribution in [1.82, 2.24) is 0 Å². The van der Waals surface area contributed by atoms with Gasteiger partial charge in [-0.3, -0.25) is 9.79 Å². The highest BCUT2D eigenvalue weighted by Crippen LogP contribution is 2.54. The van der Waals surface area contributed by atoms with Crippen molar-refractivity contribution < 1.29 is 14.3 Å². The molecule has 8 rings (SSSR count). The van der Waals surface area contributed by atoms with Gasteiger partial charge in [0.2, 0.25) is 5.72 Å². The number of anilines is 1. The van der Waals surface area contributed by atoms with Gasteiger partial charge in [-0.05, 0) is 83.6 Å². The third-order valence-corrected chi connectivity index (χ3v) is 12.1. The van der Waals surface area contributed by atoms with E-state index >= 15 is 0 Å². The highest BCUT2D eigenvalue weighted by atomic mass is 32.1. The maximum Gasteiger partial charge on any atom is 0.315 e. The van der Waals surface area contributed by atoms with Crippen molar-refractivity contribution >= 4 is 68.3 Å². The van der Waals surface area contributed by atoms with E-state index in [1.54, 1.807) is 34.0 Å². The third-order valence-electron chi connectivity index (χ3n) is 8.78. The van der Waals surface area contributed by atoms with Crippen LogP contribution in [0.2, 0.25) is 0 Å². The third kappa shape index (κ3) is 4.16. The van der Waals surface area contributed by atoms with E-state index in [1.165, 1.54) is 15.3 Å². The lowest BCUT2D eigenvalue weighted by Crippen LogP contribution is -2.61. The SMILES string of the molecule is CN1c2ccccc2C(C)(C)C12C=Nc1c(ccc3ccc(OC(=O)Cc4cc(-c5cccs5)sc4-c4cccs4)cc13)O2. The molecular weight excluding hydrogens is 605 g/mol. The van der Waals surface area contributed by atoms with Crippen LogP contribution in [0.15, 0.2) is 101 Å². The molecule has 5 heterocycles. The van der Waals surface area contributed by atoms with Crippen molar-refractivity contribution in [3.8, 4) is 31.0 Å². The Hall–Kier alpha value is -4.24. The first-order valence-corrected chi connectivity index (χ1v) is 17.0. The molecule has 0 saturated carbocycles. The van der Waals surface area contributed by atoms with Gasteiger partial charge in [0.15, 0.2) is 0 Å². The van der Waals surface area contributed by atoms with Crippen LogP contribution in [-0.4, -0.2) is 25.0 Å². The molecule has 0 amide bonds. The summed E-state index contributed by atoms with van der Waals surface area (Å²) in [6, 6.07) is 28.6. The Kier molecular flexibility index (Phi) is 6.31. The van der Waals surface area contributed by atoms with Crippen LogP contribution in [0.3, 0.4) is 0 Å². The summed E-state index contributed by atoms with van der Waals surface area (Å²) in [5, 5.41) is 6.02. The molecule has 1 atom stereocenters. The number of carbonyl (C=O) groups excluding carboxylic acids is 1. The minimum Gasteiger partial charge on any atom is -0.459 e. The van der Waals surface area contributed by atoms with E-state index in [4.69, 9.17) is 14.5 Å². The second-order valence-corrected chi connectivity index (χ2v) is 14.6. The van der Waals surface area contributed by atoms with Crippen molar-refractivity contribution in [2.75, 3.05) is 11.9 Å². The number of esters is 1. The lowest BCUT2D eigenvalue weighted by Gasteiger charge is -2.45. The molecule has 6 aromatic rings. The molecule has 0 bridgehead atoms. The summed E-state index contributed by atoms with van der Waals surface area (Å²) in [5.41, 5.74) is 2.99. The molecule has 0 aliphatic carbocycles. The smallest absolute Gasteiger partial charge is 0.315 e. The second-order valence-electron chi connectivity index (χ2n) is 11.6. The summed E-state index contributed by atoms with van der Waals surface area (Å²) in [7, 11) is 2.06. The largest absolute Gasteiger partial charge is 0.459 e. The lowest BCUT2D eigenvalue weighted by molar-refractivity contribution is -0.133. The van der Waals surface area contributed by atoms with Gasteiger partial charge in [0, 0.05) is 37.6 Å². The average Bonchev–Trinajstić information content (AvgIpc) is 3.84. The number of para-hydroxylation sites is 1. The minimum absolute atomic E-state index is 0.186. The number of hydrogen-bond donors (Lipinski definition) is 0. The number of fused-ring (bicyclic) bond motifs is 4. The van der Waals surface area contributed by atoms with E-state index in [-0.39, 0.29) is 17.8 Å². The quantitative estimate of drug-likeness (QED) is 0.140. The number of benzene rings is 3. The molecule has 3 aromatic heterocycles. The Bertz CT molecular complexity index is 2080. The zero-order valence-electron chi connectivity index (χ0n) is 24.4. The molecule has 0 fully saturated rings. The number of nitrogens with zero attached hydrogens (tertiary/aromatic N) is 2. The van der Waals surface area contributed by atoms with Gasteiger partial charge in [0.25, 0.3) is 0 Å². The molecule has 8 heteroatoms. The molecule has 0 saturated heterocycles. The first-order chi connectivity index (χ1) is 21.3. The zero-order valence-corrected chi connectivity index (χ0v) is 26.8. The Balaban J connectivity index is 1.09. The van der Waals surface area contributed by atoms with Crippen LogP contribution in [-0.2, 0) is 16.6 Å². The molecule has 3 aromatic carbocycles. The Morgan fingerprint density at radius 2 is 1.68 bits per heavy atom. The molecule has 0 radical (unpaired) electrons. The van der Waals surface area contributed by atoms with Crippen molar-refractivity contribution in [2.45, 2.75) is 31.4 Å². The van der Waals surface area contributed by atoms with Gasteiger partial charge >= 0.3 is 5.97 Å². The van der Waals surface area contributed by atoms with Crippen LogP contribution in [0.1, 0.15) is 25.0 Å². The molecule has 0 N–H and O–H groups in total. The summed E-state index contributed by atoms with van der Waals surface area (Å²) in [4.78, 5) is 25.2. The predicted molar refractivity (Wildman–Crippen MR) is 184 cm³/mol. The van der Waals surface area contributed by atoms with Gasteiger partial charge in [-0.1, -0.05) is 42.5 Å². The van der Waals surface area contributed by atoms with Crippen molar-refractivity contribution in [3.05, 3.63) is 107 Å². The van der Waals surface area contributed by atoms with Crippen molar-refractivity contribution in [1.29, 1.82) is 0 Å². The number of aliphatic imine (C=N–C) groups is 1.